The van der Waals surface area contributed by atoms with Crippen LogP contribution in [0.3, 0.4) is 0 Å². The van der Waals surface area contributed by atoms with Crippen LogP contribution in [-0.2, 0) is 11.8 Å². The van der Waals surface area contributed by atoms with Crippen molar-refractivity contribution in [1.29, 1.82) is 0 Å². The number of nitrogens with zero attached hydrogens (tertiary/aromatic N) is 5. The number of rotatable bonds is 4. The number of pyridine rings is 1. The number of amides is 1. The van der Waals surface area contributed by atoms with E-state index in [0.717, 1.165) is 47.5 Å². The summed E-state index contributed by atoms with van der Waals surface area (Å²) in [5.41, 5.74) is 2.16. The number of imidazole rings is 1. The van der Waals surface area contributed by atoms with Gasteiger partial charge >= 0.3 is 0 Å². The molecule has 0 bridgehead atoms. The van der Waals surface area contributed by atoms with Crippen LogP contribution in [0.4, 0.5) is 5.82 Å². The Morgan fingerprint density at radius 1 is 1.14 bits per heavy atom. The zero-order chi connectivity index (χ0) is 20.5. The predicted molar refractivity (Wildman–Crippen MR) is 116 cm³/mol. The number of hydrogen-bond acceptors (Lipinski definition) is 5. The highest BCUT2D eigenvalue weighted by Crippen LogP contribution is 2.25. The van der Waals surface area contributed by atoms with E-state index in [0.29, 0.717) is 18.4 Å². The van der Waals surface area contributed by atoms with Crippen LogP contribution in [0.5, 0.6) is 0 Å². The largest absolute Gasteiger partial charge is 0.331 e. The third-order valence-electron chi connectivity index (χ3n) is 5.82. The molecule has 3 heterocycles. The molecule has 1 fully saturated rings. The van der Waals surface area contributed by atoms with E-state index in [1.165, 1.54) is 0 Å². The predicted octanol–water partition coefficient (Wildman–Crippen LogP) is 2.52. The van der Waals surface area contributed by atoms with Crippen molar-refractivity contribution < 1.29 is 4.79 Å². The Hall–Kier alpha value is -2.77. The maximum Gasteiger partial charge on any atom is 0.239 e. The molecule has 0 radical (unpaired) electrons. The number of anilines is 1. The first-order chi connectivity index (χ1) is 13.9. The lowest BCUT2D eigenvalue weighted by molar-refractivity contribution is -0.118. The molecular weight excluding hydrogens is 364 g/mol. The van der Waals surface area contributed by atoms with Gasteiger partial charge in [-0.3, -0.25) is 9.69 Å². The van der Waals surface area contributed by atoms with Crippen LogP contribution < -0.4 is 5.32 Å². The lowest BCUT2D eigenvalue weighted by atomic mass is 10.1. The van der Waals surface area contributed by atoms with Crippen LogP contribution in [0.2, 0.25) is 0 Å². The highest BCUT2D eigenvalue weighted by atomic mass is 16.2. The molecule has 1 aliphatic heterocycles. The zero-order valence-corrected chi connectivity index (χ0v) is 17.5. The molecule has 1 saturated heterocycles. The summed E-state index contributed by atoms with van der Waals surface area (Å²) >= 11 is 0. The van der Waals surface area contributed by atoms with Crippen molar-refractivity contribution in [3.63, 3.8) is 0 Å². The van der Waals surface area contributed by atoms with E-state index in [4.69, 9.17) is 0 Å². The van der Waals surface area contributed by atoms with Crippen molar-refractivity contribution in [3.8, 4) is 11.3 Å². The molecule has 1 amide bonds. The van der Waals surface area contributed by atoms with Crippen molar-refractivity contribution in [3.05, 3.63) is 42.5 Å². The van der Waals surface area contributed by atoms with Gasteiger partial charge in [-0.2, -0.15) is 0 Å². The zero-order valence-electron chi connectivity index (χ0n) is 17.5. The van der Waals surface area contributed by atoms with Gasteiger partial charge in [0.15, 0.2) is 0 Å². The van der Waals surface area contributed by atoms with Crippen LogP contribution in [0.15, 0.2) is 36.7 Å². The summed E-state index contributed by atoms with van der Waals surface area (Å²) in [7, 11) is 4.13. The lowest BCUT2D eigenvalue weighted by Crippen LogP contribution is -2.52. The molecule has 3 aromatic rings. The molecule has 0 spiro atoms. The number of aryl methyl sites for hydroxylation is 1. The first kappa shape index (κ1) is 19.5. The molecule has 0 saturated carbocycles. The minimum atomic E-state index is -0.0216. The molecule has 0 aliphatic carbocycles. The van der Waals surface area contributed by atoms with Crippen molar-refractivity contribution in [2.75, 3.05) is 38.5 Å². The van der Waals surface area contributed by atoms with Crippen LogP contribution in [0.25, 0.3) is 22.0 Å². The number of likely N-dealkylation sites (N-methyl/N-ethyl adjacent to an activating group) is 1. The highest BCUT2D eigenvalue weighted by molar-refractivity contribution is 5.94. The Labute approximate surface area is 171 Å². The molecule has 1 atom stereocenters. The Morgan fingerprint density at radius 2 is 1.97 bits per heavy atom. The van der Waals surface area contributed by atoms with Crippen molar-refractivity contribution in [1.82, 2.24) is 24.3 Å². The Balaban J connectivity index is 1.50. The fraction of sp³-hybridized carbons (Fsp3) is 0.409. The lowest BCUT2D eigenvalue weighted by Gasteiger charge is -2.37. The summed E-state index contributed by atoms with van der Waals surface area (Å²) in [6, 6.07) is 8.55. The van der Waals surface area contributed by atoms with Gasteiger partial charge in [0.1, 0.15) is 11.6 Å². The number of carbonyl (C=O) groups is 1. The molecule has 1 aromatic carbocycles. The molecule has 4 rings (SSSR count). The molecule has 152 valence electrons. The summed E-state index contributed by atoms with van der Waals surface area (Å²) in [4.78, 5) is 25.9. The molecule has 1 N–H and O–H groups in total. The number of hydrogen-bond donors (Lipinski definition) is 1. The Morgan fingerprint density at radius 3 is 2.69 bits per heavy atom. The van der Waals surface area contributed by atoms with Crippen LogP contribution >= 0.6 is 0 Å². The molecule has 7 heteroatoms. The number of nitrogens with one attached hydrogen (secondary N) is 1. The number of carbonyl (C=O) groups excluding carboxylic acids is 1. The second kappa shape index (κ2) is 7.93. The van der Waals surface area contributed by atoms with Gasteiger partial charge in [-0.15, -0.1) is 0 Å². The van der Waals surface area contributed by atoms with Gasteiger partial charge in [-0.1, -0.05) is 12.1 Å². The number of piperazine rings is 1. The second-order valence-corrected chi connectivity index (χ2v) is 8.01. The molecule has 0 unspecified atom stereocenters. The minimum absolute atomic E-state index is 0.0216. The van der Waals surface area contributed by atoms with Gasteiger partial charge in [0.05, 0.1) is 18.4 Å². The normalized spacial score (nSPS) is 18.3. The van der Waals surface area contributed by atoms with Crippen LogP contribution in [0, 0.1) is 6.92 Å². The SMILES string of the molecule is Cc1ncc(-c2ccc3cnc(NC(=O)CN4CCN(C)C[C@@H]4C)cc3c2)n1C. The fourth-order valence-electron chi connectivity index (χ4n) is 3.92. The number of aromatic nitrogens is 3. The van der Waals surface area contributed by atoms with Gasteiger partial charge in [0.25, 0.3) is 0 Å². The van der Waals surface area contributed by atoms with Crippen molar-refractivity contribution in [2.24, 2.45) is 7.05 Å². The molecule has 7 nitrogen and oxygen atoms in total. The molecule has 1 aliphatic rings. The molecule has 2 aromatic heterocycles. The van der Waals surface area contributed by atoms with E-state index < -0.39 is 0 Å². The summed E-state index contributed by atoms with van der Waals surface area (Å²) in [6.07, 6.45) is 3.69. The summed E-state index contributed by atoms with van der Waals surface area (Å²) in [5, 5.41) is 5.05. The van der Waals surface area contributed by atoms with Gasteiger partial charge < -0.3 is 14.8 Å². The maximum absolute atomic E-state index is 12.6. The summed E-state index contributed by atoms with van der Waals surface area (Å²) < 4.78 is 2.07. The minimum Gasteiger partial charge on any atom is -0.331 e. The summed E-state index contributed by atoms with van der Waals surface area (Å²) in [6.45, 7) is 7.43. The first-order valence-electron chi connectivity index (χ1n) is 10.0. The highest BCUT2D eigenvalue weighted by Gasteiger charge is 2.23. The Kier molecular flexibility index (Phi) is 5.34. The van der Waals surface area contributed by atoms with Crippen LogP contribution in [0.1, 0.15) is 12.7 Å². The topological polar surface area (TPSA) is 66.3 Å². The van der Waals surface area contributed by atoms with E-state index in [1.54, 1.807) is 0 Å². The average molecular weight is 393 g/mol. The van der Waals surface area contributed by atoms with Gasteiger partial charge in [0, 0.05) is 49.9 Å². The van der Waals surface area contributed by atoms with Crippen molar-refractivity contribution >= 4 is 22.5 Å². The van der Waals surface area contributed by atoms with E-state index in [-0.39, 0.29) is 5.91 Å². The number of benzene rings is 1. The molecule has 29 heavy (non-hydrogen) atoms. The summed E-state index contributed by atoms with van der Waals surface area (Å²) in [5.74, 6) is 1.54. The van der Waals surface area contributed by atoms with E-state index in [1.807, 2.05) is 32.4 Å². The average Bonchev–Trinajstić information content (AvgIpc) is 3.02. The van der Waals surface area contributed by atoms with Gasteiger partial charge in [-0.25, -0.2) is 9.97 Å². The third-order valence-corrected chi connectivity index (χ3v) is 5.82. The standard InChI is InChI=1S/C22H28N6O/c1-15-13-26(3)7-8-28(15)14-22(29)25-21-10-19-9-17(5-6-18(19)11-24-21)20-12-23-16(2)27(20)4/h5-6,9-12,15H,7-8,13-14H2,1-4H3,(H,24,25,29)/t15-/m0/s1. The smallest absolute Gasteiger partial charge is 0.239 e. The second-order valence-electron chi connectivity index (χ2n) is 8.01. The van der Waals surface area contributed by atoms with Gasteiger partial charge in [-0.05, 0) is 38.4 Å². The maximum atomic E-state index is 12.6. The van der Waals surface area contributed by atoms with E-state index >= 15 is 0 Å². The van der Waals surface area contributed by atoms with E-state index in [9.17, 15) is 4.79 Å². The quantitative estimate of drug-likeness (QED) is 0.739. The molecular formula is C22H28N6O. The monoisotopic (exact) mass is 392 g/mol. The third kappa shape index (κ3) is 4.16. The Bertz CT molecular complexity index is 1040. The fourth-order valence-corrected chi connectivity index (χ4v) is 3.92. The first-order valence-corrected chi connectivity index (χ1v) is 10.0. The van der Waals surface area contributed by atoms with E-state index in [2.05, 4.69) is 61.8 Å². The number of fused-ring (bicyclic) bond motifs is 1. The van der Waals surface area contributed by atoms with Gasteiger partial charge in [0.2, 0.25) is 5.91 Å². The van der Waals surface area contributed by atoms with Crippen LogP contribution in [-0.4, -0.2) is 69.5 Å². The van der Waals surface area contributed by atoms with Crippen molar-refractivity contribution in [2.45, 2.75) is 19.9 Å².